The fourth-order valence-corrected chi connectivity index (χ4v) is 3.01. The zero-order valence-electron chi connectivity index (χ0n) is 14.4. The summed E-state index contributed by atoms with van der Waals surface area (Å²) in [7, 11) is 0. The number of benzene rings is 1. The van der Waals surface area contributed by atoms with E-state index in [2.05, 4.69) is 20.6 Å². The van der Waals surface area contributed by atoms with Crippen LogP contribution in [0.3, 0.4) is 0 Å². The molecule has 0 aliphatic carbocycles. The molecular formula is C17H21N5O2S. The Labute approximate surface area is 150 Å². The maximum absolute atomic E-state index is 12.1. The minimum absolute atomic E-state index is 0.0976. The molecule has 3 amide bonds. The Hall–Kier alpha value is -2.61. The zero-order valence-corrected chi connectivity index (χ0v) is 15.2. The van der Waals surface area contributed by atoms with Crippen LogP contribution in [0.4, 0.5) is 10.5 Å². The van der Waals surface area contributed by atoms with Crippen LogP contribution in [-0.2, 0) is 4.79 Å². The van der Waals surface area contributed by atoms with Crippen LogP contribution in [0.2, 0.25) is 0 Å². The third-order valence-electron chi connectivity index (χ3n) is 3.35. The van der Waals surface area contributed by atoms with E-state index in [4.69, 9.17) is 5.73 Å². The number of thioether (sulfide) groups is 1. The Morgan fingerprint density at radius 2 is 1.76 bits per heavy atom. The highest BCUT2D eigenvalue weighted by Crippen LogP contribution is 2.17. The Morgan fingerprint density at radius 1 is 1.16 bits per heavy atom. The van der Waals surface area contributed by atoms with Gasteiger partial charge in [-0.15, -0.1) is 0 Å². The van der Waals surface area contributed by atoms with Gasteiger partial charge in [0.05, 0.1) is 11.8 Å². The largest absolute Gasteiger partial charge is 0.351 e. The highest BCUT2D eigenvalue weighted by Gasteiger charge is 2.11. The highest BCUT2D eigenvalue weighted by molar-refractivity contribution is 7.99. The Morgan fingerprint density at radius 3 is 2.32 bits per heavy atom. The molecule has 0 aliphatic rings. The van der Waals surface area contributed by atoms with Crippen molar-refractivity contribution in [3.63, 3.8) is 0 Å². The molecule has 1 aromatic heterocycles. The number of aromatic nitrogens is 2. The number of anilines is 1. The number of urea groups is 1. The quantitative estimate of drug-likeness (QED) is 0.542. The lowest BCUT2D eigenvalue weighted by molar-refractivity contribution is -0.119. The van der Waals surface area contributed by atoms with E-state index in [9.17, 15) is 9.59 Å². The Kier molecular flexibility index (Phi) is 6.35. The number of hydrogen-bond acceptors (Lipinski definition) is 5. The number of carbonyl (C=O) groups is 2. The molecule has 25 heavy (non-hydrogen) atoms. The second-order valence-electron chi connectivity index (χ2n) is 5.62. The summed E-state index contributed by atoms with van der Waals surface area (Å²) in [6, 6.07) is 8.26. The monoisotopic (exact) mass is 359 g/mol. The molecule has 1 aromatic carbocycles. The molecule has 0 saturated heterocycles. The summed E-state index contributed by atoms with van der Waals surface area (Å²) in [6.07, 6.45) is 0. The molecule has 2 aromatic rings. The number of amides is 3. The van der Waals surface area contributed by atoms with Crippen molar-refractivity contribution in [2.45, 2.75) is 32.0 Å². The third kappa shape index (κ3) is 6.07. The van der Waals surface area contributed by atoms with E-state index < -0.39 is 6.03 Å². The fourth-order valence-electron chi connectivity index (χ4n) is 2.25. The SMILES string of the molecule is Cc1cc(C)nc(SCC(=O)NC(C)c2ccc(NC(N)=O)cc2)n1. The number of rotatable bonds is 6. The number of nitrogens with zero attached hydrogens (tertiary/aromatic N) is 2. The normalized spacial score (nSPS) is 11.6. The van der Waals surface area contributed by atoms with E-state index in [0.29, 0.717) is 10.8 Å². The summed E-state index contributed by atoms with van der Waals surface area (Å²) in [5.41, 5.74) is 8.37. The van der Waals surface area contributed by atoms with Crippen LogP contribution >= 0.6 is 11.8 Å². The van der Waals surface area contributed by atoms with Crippen molar-refractivity contribution in [3.05, 3.63) is 47.3 Å². The van der Waals surface area contributed by atoms with E-state index >= 15 is 0 Å². The van der Waals surface area contributed by atoms with Crippen molar-refractivity contribution in [2.75, 3.05) is 11.1 Å². The molecule has 7 nitrogen and oxygen atoms in total. The van der Waals surface area contributed by atoms with Gasteiger partial charge < -0.3 is 16.4 Å². The second-order valence-corrected chi connectivity index (χ2v) is 6.56. The number of primary amides is 1. The van der Waals surface area contributed by atoms with Crippen LogP contribution in [-0.4, -0.2) is 27.7 Å². The van der Waals surface area contributed by atoms with Crippen LogP contribution in [0.1, 0.15) is 29.9 Å². The number of hydrogen-bond donors (Lipinski definition) is 3. The highest BCUT2D eigenvalue weighted by atomic mass is 32.2. The molecule has 0 aliphatic heterocycles. The van der Waals surface area contributed by atoms with E-state index in [-0.39, 0.29) is 17.7 Å². The fraction of sp³-hybridized carbons (Fsp3) is 0.294. The molecule has 0 fully saturated rings. The zero-order chi connectivity index (χ0) is 18.4. The molecule has 4 N–H and O–H groups in total. The summed E-state index contributed by atoms with van der Waals surface area (Å²) >= 11 is 1.31. The first-order valence-electron chi connectivity index (χ1n) is 7.74. The number of nitrogens with one attached hydrogen (secondary N) is 2. The van der Waals surface area contributed by atoms with Crippen LogP contribution in [0.5, 0.6) is 0 Å². The first-order chi connectivity index (χ1) is 11.8. The lowest BCUT2D eigenvalue weighted by Crippen LogP contribution is -2.28. The molecular weight excluding hydrogens is 338 g/mol. The summed E-state index contributed by atoms with van der Waals surface area (Å²) in [5.74, 6) is 0.147. The molecule has 8 heteroatoms. The molecule has 0 radical (unpaired) electrons. The number of aryl methyl sites for hydroxylation is 2. The first kappa shape index (κ1) is 18.7. The van der Waals surface area contributed by atoms with Crippen LogP contribution in [0.15, 0.2) is 35.5 Å². The van der Waals surface area contributed by atoms with Crippen molar-refractivity contribution in [1.82, 2.24) is 15.3 Å². The van der Waals surface area contributed by atoms with Gasteiger partial charge in [0.2, 0.25) is 5.91 Å². The van der Waals surface area contributed by atoms with Gasteiger partial charge in [0.15, 0.2) is 5.16 Å². The summed E-state index contributed by atoms with van der Waals surface area (Å²) in [6.45, 7) is 5.70. The van der Waals surface area contributed by atoms with Crippen molar-refractivity contribution >= 4 is 29.4 Å². The minimum Gasteiger partial charge on any atom is -0.351 e. The predicted molar refractivity (Wildman–Crippen MR) is 98.4 cm³/mol. The second kappa shape index (κ2) is 8.48. The van der Waals surface area contributed by atoms with Gasteiger partial charge >= 0.3 is 6.03 Å². The van der Waals surface area contributed by atoms with Gasteiger partial charge in [0, 0.05) is 17.1 Å². The van der Waals surface area contributed by atoms with Gasteiger partial charge in [-0.2, -0.15) is 0 Å². The van der Waals surface area contributed by atoms with E-state index in [1.54, 1.807) is 12.1 Å². The first-order valence-corrected chi connectivity index (χ1v) is 8.73. The lowest BCUT2D eigenvalue weighted by Gasteiger charge is -2.14. The van der Waals surface area contributed by atoms with Crippen LogP contribution in [0.25, 0.3) is 0 Å². The van der Waals surface area contributed by atoms with Crippen LogP contribution in [0, 0.1) is 13.8 Å². The summed E-state index contributed by atoms with van der Waals surface area (Å²) < 4.78 is 0. The van der Waals surface area contributed by atoms with Gasteiger partial charge in [-0.3, -0.25) is 4.79 Å². The minimum atomic E-state index is -0.611. The molecule has 1 heterocycles. The Balaban J connectivity index is 1.87. The molecule has 0 bridgehead atoms. The van der Waals surface area contributed by atoms with Gasteiger partial charge in [0.1, 0.15) is 0 Å². The van der Waals surface area contributed by atoms with E-state index in [1.807, 2.05) is 39.0 Å². The molecule has 132 valence electrons. The summed E-state index contributed by atoms with van der Waals surface area (Å²) in [4.78, 5) is 31.5. The van der Waals surface area contributed by atoms with E-state index in [1.165, 1.54) is 11.8 Å². The van der Waals surface area contributed by atoms with Crippen molar-refractivity contribution in [2.24, 2.45) is 5.73 Å². The number of carbonyl (C=O) groups excluding carboxylic acids is 2. The van der Waals surface area contributed by atoms with Crippen molar-refractivity contribution in [3.8, 4) is 0 Å². The summed E-state index contributed by atoms with van der Waals surface area (Å²) in [5, 5.41) is 6.02. The third-order valence-corrected chi connectivity index (χ3v) is 4.20. The topological polar surface area (TPSA) is 110 Å². The Bertz CT molecular complexity index is 744. The van der Waals surface area contributed by atoms with Gasteiger partial charge in [0.25, 0.3) is 0 Å². The number of nitrogens with two attached hydrogens (primary N) is 1. The maximum atomic E-state index is 12.1. The van der Waals surface area contributed by atoms with Crippen molar-refractivity contribution < 1.29 is 9.59 Å². The van der Waals surface area contributed by atoms with Crippen molar-refractivity contribution in [1.29, 1.82) is 0 Å². The standard InChI is InChI=1S/C17H21N5O2S/c1-10-8-11(2)20-17(19-10)25-9-15(23)21-12(3)13-4-6-14(7-5-13)22-16(18)24/h4-8,12H,9H2,1-3H3,(H,21,23)(H3,18,22,24). The lowest BCUT2D eigenvalue weighted by atomic mass is 10.1. The van der Waals surface area contributed by atoms with Gasteiger partial charge in [-0.1, -0.05) is 23.9 Å². The van der Waals surface area contributed by atoms with E-state index in [0.717, 1.165) is 17.0 Å². The molecule has 1 unspecified atom stereocenters. The molecule has 0 saturated carbocycles. The average molecular weight is 359 g/mol. The maximum Gasteiger partial charge on any atom is 0.316 e. The van der Waals surface area contributed by atoms with Crippen LogP contribution < -0.4 is 16.4 Å². The molecule has 2 rings (SSSR count). The molecule has 0 spiro atoms. The predicted octanol–water partition coefficient (Wildman–Crippen LogP) is 2.55. The molecule has 1 atom stereocenters. The smallest absolute Gasteiger partial charge is 0.316 e. The van der Waals surface area contributed by atoms with Gasteiger partial charge in [-0.25, -0.2) is 14.8 Å². The van der Waals surface area contributed by atoms with Gasteiger partial charge in [-0.05, 0) is 44.5 Å². The average Bonchev–Trinajstić information content (AvgIpc) is 2.52.